The van der Waals surface area contributed by atoms with E-state index in [-0.39, 0.29) is 11.9 Å². The second-order valence-electron chi connectivity index (χ2n) is 5.04. The molecule has 1 aliphatic rings. The molecule has 1 atom stereocenters. The number of hydrogen-bond donors (Lipinski definition) is 1. The lowest BCUT2D eigenvalue weighted by Gasteiger charge is -2.35. The van der Waals surface area contributed by atoms with Crippen LogP contribution in [0.25, 0.3) is 0 Å². The molecule has 4 nitrogen and oxygen atoms in total. The molecule has 1 rings (SSSR count). The summed E-state index contributed by atoms with van der Waals surface area (Å²) in [6.45, 7) is 11.4. The van der Waals surface area contributed by atoms with Crippen LogP contribution < -0.4 is 5.73 Å². The van der Waals surface area contributed by atoms with Gasteiger partial charge in [-0.15, -0.1) is 0 Å². The van der Waals surface area contributed by atoms with E-state index in [0.29, 0.717) is 0 Å². The third-order valence-corrected chi connectivity index (χ3v) is 3.73. The van der Waals surface area contributed by atoms with Gasteiger partial charge in [0.25, 0.3) is 0 Å². The molecule has 0 spiro atoms. The normalized spacial score (nSPS) is 19.7. The van der Waals surface area contributed by atoms with Crippen molar-refractivity contribution >= 4 is 5.91 Å². The molecule has 0 aromatic heterocycles. The highest BCUT2D eigenvalue weighted by Gasteiger charge is 2.25. The molecular weight excluding hydrogens is 214 g/mol. The van der Waals surface area contributed by atoms with Crippen molar-refractivity contribution in [3.8, 4) is 0 Å². The van der Waals surface area contributed by atoms with Crippen LogP contribution in [0.15, 0.2) is 0 Å². The molecule has 17 heavy (non-hydrogen) atoms. The van der Waals surface area contributed by atoms with Crippen LogP contribution in [0.3, 0.4) is 0 Å². The predicted octanol–water partition coefficient (Wildman–Crippen LogP) is 0.914. The molecule has 1 aliphatic heterocycles. The van der Waals surface area contributed by atoms with E-state index < -0.39 is 0 Å². The molecule has 0 unspecified atom stereocenters. The van der Waals surface area contributed by atoms with Gasteiger partial charge in [-0.3, -0.25) is 4.79 Å². The summed E-state index contributed by atoms with van der Waals surface area (Å²) in [5, 5.41) is 0. The number of nitrogens with two attached hydrogens (primary N) is 1. The van der Waals surface area contributed by atoms with Crippen molar-refractivity contribution in [1.82, 2.24) is 9.80 Å². The Kier molecular flexibility index (Phi) is 5.92. The Labute approximate surface area is 105 Å². The Morgan fingerprint density at radius 2 is 1.88 bits per heavy atom. The number of amides is 1. The Balaban J connectivity index is 2.33. The van der Waals surface area contributed by atoms with Crippen LogP contribution in [0.1, 0.15) is 33.6 Å². The average Bonchev–Trinajstić information content (AvgIpc) is 2.35. The van der Waals surface area contributed by atoms with Gasteiger partial charge < -0.3 is 15.5 Å². The molecule has 0 radical (unpaired) electrons. The van der Waals surface area contributed by atoms with Gasteiger partial charge in [0.05, 0.1) is 6.04 Å². The number of carbonyl (C=O) groups is 1. The summed E-state index contributed by atoms with van der Waals surface area (Å²) in [4.78, 5) is 16.1. The minimum Gasteiger partial charge on any atom is -0.341 e. The summed E-state index contributed by atoms with van der Waals surface area (Å²) < 4.78 is 0. The van der Waals surface area contributed by atoms with Crippen molar-refractivity contribution < 1.29 is 4.79 Å². The summed E-state index contributed by atoms with van der Waals surface area (Å²) in [5.74, 6) is 0.846. The Hall–Kier alpha value is -0.610. The first kappa shape index (κ1) is 14.5. The molecule has 0 saturated carbocycles. The summed E-state index contributed by atoms with van der Waals surface area (Å²) in [5.41, 5.74) is 5.63. The molecule has 0 aromatic rings. The second kappa shape index (κ2) is 6.97. The summed E-state index contributed by atoms with van der Waals surface area (Å²) in [7, 11) is 0. The van der Waals surface area contributed by atoms with Crippen LogP contribution in [-0.2, 0) is 4.79 Å². The van der Waals surface area contributed by atoms with Crippen LogP contribution in [0, 0.1) is 5.92 Å². The number of piperidine rings is 1. The zero-order valence-corrected chi connectivity index (χ0v) is 11.5. The van der Waals surface area contributed by atoms with E-state index in [1.54, 1.807) is 6.92 Å². The summed E-state index contributed by atoms with van der Waals surface area (Å²) in [6.07, 6.45) is 2.24. The van der Waals surface area contributed by atoms with Gasteiger partial charge in [0.15, 0.2) is 0 Å². The molecule has 0 aromatic carbocycles. The van der Waals surface area contributed by atoms with Crippen LogP contribution >= 0.6 is 0 Å². The van der Waals surface area contributed by atoms with Gasteiger partial charge in [-0.1, -0.05) is 13.8 Å². The van der Waals surface area contributed by atoms with Gasteiger partial charge in [-0.25, -0.2) is 0 Å². The van der Waals surface area contributed by atoms with Crippen molar-refractivity contribution in [2.75, 3.05) is 32.7 Å². The monoisotopic (exact) mass is 241 g/mol. The zero-order valence-electron chi connectivity index (χ0n) is 11.5. The number of rotatable bonds is 5. The fraction of sp³-hybridized carbons (Fsp3) is 0.923. The number of hydrogen-bond acceptors (Lipinski definition) is 3. The zero-order chi connectivity index (χ0) is 12.8. The maximum atomic E-state index is 11.7. The maximum absolute atomic E-state index is 11.7. The van der Waals surface area contributed by atoms with E-state index in [9.17, 15) is 4.79 Å². The molecule has 100 valence electrons. The number of likely N-dealkylation sites (tertiary alicyclic amines) is 1. The lowest BCUT2D eigenvalue weighted by molar-refractivity contribution is -0.133. The third-order valence-electron chi connectivity index (χ3n) is 3.73. The molecule has 0 aliphatic carbocycles. The minimum absolute atomic E-state index is 0.103. The number of carbonyl (C=O) groups excluding carboxylic acids is 1. The first-order valence-electron chi connectivity index (χ1n) is 6.85. The largest absolute Gasteiger partial charge is 0.341 e. The molecule has 1 fully saturated rings. The Morgan fingerprint density at radius 3 is 2.29 bits per heavy atom. The Morgan fingerprint density at radius 1 is 1.35 bits per heavy atom. The SMILES string of the molecule is CCN(CC)CC1CCN(C(=O)[C@@H](C)N)CC1. The van der Waals surface area contributed by atoms with Crippen molar-refractivity contribution in [2.45, 2.75) is 39.7 Å². The highest BCUT2D eigenvalue weighted by Crippen LogP contribution is 2.18. The third kappa shape index (κ3) is 4.28. The van der Waals surface area contributed by atoms with E-state index >= 15 is 0 Å². The van der Waals surface area contributed by atoms with Gasteiger partial charge in [0.2, 0.25) is 5.91 Å². The molecule has 1 amide bonds. The van der Waals surface area contributed by atoms with Gasteiger partial charge in [0, 0.05) is 19.6 Å². The number of nitrogens with zero attached hydrogens (tertiary/aromatic N) is 2. The van der Waals surface area contributed by atoms with Crippen molar-refractivity contribution in [1.29, 1.82) is 0 Å². The predicted molar refractivity (Wildman–Crippen MR) is 70.7 cm³/mol. The highest BCUT2D eigenvalue weighted by atomic mass is 16.2. The second-order valence-corrected chi connectivity index (χ2v) is 5.04. The van der Waals surface area contributed by atoms with E-state index in [2.05, 4.69) is 18.7 Å². The first-order valence-corrected chi connectivity index (χ1v) is 6.85. The molecule has 0 bridgehead atoms. The van der Waals surface area contributed by atoms with Crippen molar-refractivity contribution in [3.63, 3.8) is 0 Å². The van der Waals surface area contributed by atoms with Crippen LogP contribution in [0.2, 0.25) is 0 Å². The van der Waals surface area contributed by atoms with E-state index in [0.717, 1.165) is 44.9 Å². The molecule has 1 heterocycles. The van der Waals surface area contributed by atoms with Gasteiger partial charge >= 0.3 is 0 Å². The summed E-state index contributed by atoms with van der Waals surface area (Å²) >= 11 is 0. The average molecular weight is 241 g/mol. The molecule has 4 heteroatoms. The molecular formula is C13H27N3O. The van der Waals surface area contributed by atoms with Crippen LogP contribution in [0.5, 0.6) is 0 Å². The highest BCUT2D eigenvalue weighted by molar-refractivity contribution is 5.81. The van der Waals surface area contributed by atoms with E-state index in [1.165, 1.54) is 6.54 Å². The van der Waals surface area contributed by atoms with Crippen LogP contribution in [-0.4, -0.2) is 54.5 Å². The minimum atomic E-state index is -0.352. The van der Waals surface area contributed by atoms with Crippen LogP contribution in [0.4, 0.5) is 0 Å². The smallest absolute Gasteiger partial charge is 0.239 e. The summed E-state index contributed by atoms with van der Waals surface area (Å²) in [6, 6.07) is -0.352. The first-order chi connectivity index (χ1) is 8.08. The topological polar surface area (TPSA) is 49.6 Å². The molecule has 2 N–H and O–H groups in total. The van der Waals surface area contributed by atoms with Crippen molar-refractivity contribution in [3.05, 3.63) is 0 Å². The Bertz CT molecular complexity index is 231. The van der Waals surface area contributed by atoms with Gasteiger partial charge in [-0.2, -0.15) is 0 Å². The quantitative estimate of drug-likeness (QED) is 0.778. The fourth-order valence-corrected chi connectivity index (χ4v) is 2.47. The maximum Gasteiger partial charge on any atom is 0.239 e. The lowest BCUT2D eigenvalue weighted by Crippen LogP contribution is -2.47. The van der Waals surface area contributed by atoms with Gasteiger partial charge in [0.1, 0.15) is 0 Å². The fourth-order valence-electron chi connectivity index (χ4n) is 2.47. The van der Waals surface area contributed by atoms with Gasteiger partial charge in [-0.05, 0) is 38.8 Å². The van der Waals surface area contributed by atoms with Crippen molar-refractivity contribution in [2.24, 2.45) is 11.7 Å². The van der Waals surface area contributed by atoms with E-state index in [4.69, 9.17) is 5.73 Å². The lowest BCUT2D eigenvalue weighted by atomic mass is 9.95. The standard InChI is InChI=1S/C13H27N3O/c1-4-15(5-2)10-12-6-8-16(9-7-12)13(17)11(3)14/h11-12H,4-10,14H2,1-3H3/t11-/m1/s1. The molecule has 1 saturated heterocycles. The van der Waals surface area contributed by atoms with E-state index in [1.807, 2.05) is 4.90 Å².